The number of esters is 2. The third-order valence-electron chi connectivity index (χ3n) is 4.05. The van der Waals surface area contributed by atoms with E-state index in [-0.39, 0.29) is 25.4 Å². The van der Waals surface area contributed by atoms with E-state index in [1.807, 2.05) is 52.8 Å². The quantitative estimate of drug-likeness (QED) is 0.185. The first kappa shape index (κ1) is 25.9. The maximum absolute atomic E-state index is 12.3. The van der Waals surface area contributed by atoms with Crippen LogP contribution in [-0.4, -0.2) is 29.2 Å². The summed E-state index contributed by atoms with van der Waals surface area (Å²) < 4.78 is 10.7. The van der Waals surface area contributed by atoms with Crippen molar-refractivity contribution in [2.75, 3.05) is 6.61 Å². The number of ether oxygens (including phenoxy) is 2. The van der Waals surface area contributed by atoms with E-state index in [0.29, 0.717) is 5.75 Å². The van der Waals surface area contributed by atoms with E-state index in [1.165, 1.54) is 0 Å². The highest BCUT2D eigenvalue weighted by molar-refractivity contribution is 5.87. The molecule has 1 unspecified atom stereocenters. The Balaban J connectivity index is 0.00000233. The van der Waals surface area contributed by atoms with E-state index in [2.05, 4.69) is 4.84 Å². The summed E-state index contributed by atoms with van der Waals surface area (Å²) in [5, 5.41) is 10.9. The molecule has 0 spiro atoms. The van der Waals surface area contributed by atoms with Crippen molar-refractivity contribution in [2.24, 2.45) is 0 Å². The fourth-order valence-electron chi connectivity index (χ4n) is 2.64. The van der Waals surface area contributed by atoms with Gasteiger partial charge in [0.2, 0.25) is 0 Å². The molecule has 1 atom stereocenters. The van der Waals surface area contributed by atoms with Crippen molar-refractivity contribution in [3.8, 4) is 5.75 Å². The molecule has 0 fully saturated rings. The van der Waals surface area contributed by atoms with Crippen LogP contribution in [0.2, 0.25) is 0 Å². The molecule has 8 nitrogen and oxygen atoms in total. The number of benzene rings is 2. The van der Waals surface area contributed by atoms with Gasteiger partial charge in [-0.1, -0.05) is 38.1 Å². The summed E-state index contributed by atoms with van der Waals surface area (Å²) in [6.07, 6.45) is 0.206. The SMILES string of the molecule is CC.CC(C(=O)OC(C)(C)C)c1ccc2cc(OC(=O)CCCO[N+](=O)[O-])ccc2c1. The minimum atomic E-state index is -0.896. The highest BCUT2D eigenvalue weighted by Crippen LogP contribution is 2.27. The zero-order valence-electron chi connectivity index (χ0n) is 19.0. The summed E-state index contributed by atoms with van der Waals surface area (Å²) in [4.78, 5) is 38.3. The molecule has 0 aliphatic rings. The maximum atomic E-state index is 12.3. The summed E-state index contributed by atoms with van der Waals surface area (Å²) in [6.45, 7) is 11.1. The Bertz CT molecular complexity index is 902. The molecule has 0 bridgehead atoms. The monoisotopic (exact) mass is 433 g/mol. The summed E-state index contributed by atoms with van der Waals surface area (Å²) >= 11 is 0. The Morgan fingerprint density at radius 1 is 1.06 bits per heavy atom. The van der Waals surface area contributed by atoms with Crippen molar-refractivity contribution in [1.82, 2.24) is 0 Å². The fourth-order valence-corrected chi connectivity index (χ4v) is 2.64. The van der Waals surface area contributed by atoms with Crippen molar-refractivity contribution in [3.05, 3.63) is 52.1 Å². The smallest absolute Gasteiger partial charge is 0.313 e. The highest BCUT2D eigenvalue weighted by Gasteiger charge is 2.23. The zero-order chi connectivity index (χ0) is 23.6. The number of nitrogens with zero attached hydrogens (tertiary/aromatic N) is 1. The molecule has 8 heteroatoms. The highest BCUT2D eigenvalue weighted by atomic mass is 16.9. The topological polar surface area (TPSA) is 105 Å². The molecule has 2 aromatic carbocycles. The predicted molar refractivity (Wildman–Crippen MR) is 117 cm³/mol. The molecule has 2 aromatic rings. The van der Waals surface area contributed by atoms with Crippen LogP contribution in [-0.2, 0) is 19.2 Å². The van der Waals surface area contributed by atoms with E-state index in [9.17, 15) is 19.7 Å². The van der Waals surface area contributed by atoms with E-state index in [0.717, 1.165) is 16.3 Å². The molecule has 31 heavy (non-hydrogen) atoms. The minimum absolute atomic E-state index is 0.0121. The van der Waals surface area contributed by atoms with E-state index in [1.54, 1.807) is 25.1 Å². The fraction of sp³-hybridized carbons (Fsp3) is 0.478. The number of hydrogen-bond donors (Lipinski definition) is 0. The molecule has 0 saturated heterocycles. The summed E-state index contributed by atoms with van der Waals surface area (Å²) in [5.74, 6) is -0.807. The second-order valence-electron chi connectivity index (χ2n) is 7.66. The molecule has 0 saturated carbocycles. The van der Waals surface area contributed by atoms with Gasteiger partial charge >= 0.3 is 11.9 Å². The van der Waals surface area contributed by atoms with Gasteiger partial charge in [-0.25, -0.2) is 0 Å². The lowest BCUT2D eigenvalue weighted by atomic mass is 9.97. The molecule has 0 amide bonds. The lowest BCUT2D eigenvalue weighted by Crippen LogP contribution is -2.26. The van der Waals surface area contributed by atoms with Gasteiger partial charge in [-0.2, -0.15) is 0 Å². The van der Waals surface area contributed by atoms with E-state index >= 15 is 0 Å². The third-order valence-corrected chi connectivity index (χ3v) is 4.05. The van der Waals surface area contributed by atoms with Crippen molar-refractivity contribution in [1.29, 1.82) is 0 Å². The number of rotatable bonds is 8. The average Bonchev–Trinajstić information content (AvgIpc) is 2.70. The van der Waals surface area contributed by atoms with Crippen LogP contribution in [0.15, 0.2) is 36.4 Å². The van der Waals surface area contributed by atoms with Gasteiger partial charge in [0.15, 0.2) is 0 Å². The maximum Gasteiger partial charge on any atom is 0.313 e. The standard InChI is InChI=1S/C21H25NO7.C2H6/c1-14(20(24)29-21(2,3)4)15-7-8-17-13-18(10-9-16(17)12-15)28-19(23)6-5-11-27-22(25)26;1-2/h7-10,12-14H,5-6,11H2,1-4H3;1-2H3. The van der Waals surface area contributed by atoms with Crippen LogP contribution < -0.4 is 4.74 Å². The Morgan fingerprint density at radius 3 is 2.29 bits per heavy atom. The van der Waals surface area contributed by atoms with Gasteiger partial charge < -0.3 is 14.3 Å². The lowest BCUT2D eigenvalue weighted by molar-refractivity contribution is -0.757. The molecule has 0 aliphatic heterocycles. The minimum Gasteiger partial charge on any atom is -0.460 e. The van der Waals surface area contributed by atoms with Crippen molar-refractivity contribution < 1.29 is 29.0 Å². The van der Waals surface area contributed by atoms with Gasteiger partial charge in [0, 0.05) is 6.42 Å². The molecular weight excluding hydrogens is 402 g/mol. The van der Waals surface area contributed by atoms with Crippen LogP contribution in [0.25, 0.3) is 10.8 Å². The summed E-state index contributed by atoms with van der Waals surface area (Å²) in [7, 11) is 0. The van der Waals surface area contributed by atoms with E-state index in [4.69, 9.17) is 9.47 Å². The molecule has 2 rings (SSSR count). The van der Waals surface area contributed by atoms with Crippen LogP contribution in [0.5, 0.6) is 5.75 Å². The molecule has 0 N–H and O–H groups in total. The van der Waals surface area contributed by atoms with E-state index < -0.39 is 22.6 Å². The average molecular weight is 434 g/mol. The molecule has 0 aromatic heterocycles. The predicted octanol–water partition coefficient (Wildman–Crippen LogP) is 5.21. The molecule has 0 aliphatic carbocycles. The second-order valence-corrected chi connectivity index (χ2v) is 7.66. The number of carbonyl (C=O) groups is 2. The van der Waals surface area contributed by atoms with Crippen LogP contribution >= 0.6 is 0 Å². The molecule has 0 radical (unpaired) electrons. The van der Waals surface area contributed by atoms with Crippen LogP contribution in [0.4, 0.5) is 0 Å². The summed E-state index contributed by atoms with van der Waals surface area (Å²) in [6, 6.07) is 10.8. The number of carbonyl (C=O) groups excluding carboxylic acids is 2. The van der Waals surface area contributed by atoms with Crippen LogP contribution in [0.3, 0.4) is 0 Å². The third kappa shape index (κ3) is 9.02. The first-order valence-corrected chi connectivity index (χ1v) is 10.3. The normalized spacial score (nSPS) is 11.7. The molecule has 0 heterocycles. The second kappa shape index (κ2) is 11.9. The first-order valence-electron chi connectivity index (χ1n) is 10.3. The van der Waals surface area contributed by atoms with Gasteiger partial charge in [-0.05, 0) is 62.6 Å². The van der Waals surface area contributed by atoms with Gasteiger partial charge in [-0.15, -0.1) is 10.1 Å². The zero-order valence-corrected chi connectivity index (χ0v) is 19.0. The molecule has 170 valence electrons. The number of fused-ring (bicyclic) bond motifs is 1. The first-order chi connectivity index (χ1) is 14.5. The summed E-state index contributed by atoms with van der Waals surface area (Å²) in [5.41, 5.74) is 0.290. The van der Waals surface area contributed by atoms with Crippen molar-refractivity contribution >= 4 is 22.7 Å². The lowest BCUT2D eigenvalue weighted by Gasteiger charge is -2.22. The largest absolute Gasteiger partial charge is 0.460 e. The van der Waals surface area contributed by atoms with Crippen LogP contribution in [0.1, 0.15) is 65.9 Å². The van der Waals surface area contributed by atoms with Gasteiger partial charge in [-0.3, -0.25) is 9.59 Å². The Labute approximate surface area is 182 Å². The Hall–Kier alpha value is -3.16. The van der Waals surface area contributed by atoms with Gasteiger partial charge in [0.1, 0.15) is 11.4 Å². The number of hydrogen-bond acceptors (Lipinski definition) is 7. The van der Waals surface area contributed by atoms with Gasteiger partial charge in [0.05, 0.1) is 12.5 Å². The van der Waals surface area contributed by atoms with Crippen LogP contribution in [0, 0.1) is 10.1 Å². The van der Waals surface area contributed by atoms with Crippen molar-refractivity contribution in [3.63, 3.8) is 0 Å². The Morgan fingerprint density at radius 2 is 1.68 bits per heavy atom. The van der Waals surface area contributed by atoms with Gasteiger partial charge in [0.25, 0.3) is 5.09 Å². The molecular formula is C23H31NO7. The Kier molecular flexibility index (Phi) is 9.92. The van der Waals surface area contributed by atoms with Crippen molar-refractivity contribution in [2.45, 2.75) is 65.9 Å².